The highest BCUT2D eigenvalue weighted by molar-refractivity contribution is 6.31. The molecule has 0 aliphatic carbocycles. The van der Waals surface area contributed by atoms with Crippen molar-refractivity contribution in [2.75, 3.05) is 29.0 Å². The van der Waals surface area contributed by atoms with Crippen LogP contribution in [0.3, 0.4) is 0 Å². The standard InChI is InChI=1S/C25H21ClN4O5/c1-27(2)17-10-6-15(7-11-17)22-21-23(35-29(22)19-4-3-5-20(14-19)30(33)34)25(32)28(24(21)31)18-12-8-16(26)9-13-18/h3-14,21-23H,1-2H3/t21-,22-,23-/m0/s1. The quantitative estimate of drug-likeness (QED) is 0.296. The summed E-state index contributed by atoms with van der Waals surface area (Å²) >= 11 is 5.98. The second-order valence-corrected chi connectivity index (χ2v) is 9.01. The zero-order valence-electron chi connectivity index (χ0n) is 18.9. The molecule has 3 atom stereocenters. The summed E-state index contributed by atoms with van der Waals surface area (Å²) in [7, 11) is 3.84. The molecule has 0 N–H and O–H groups in total. The number of imide groups is 1. The van der Waals surface area contributed by atoms with Crippen LogP contribution in [0, 0.1) is 16.0 Å². The molecule has 178 valence electrons. The molecule has 9 nitrogen and oxygen atoms in total. The first-order chi connectivity index (χ1) is 16.8. The molecular weight excluding hydrogens is 472 g/mol. The van der Waals surface area contributed by atoms with Crippen LogP contribution in [0.1, 0.15) is 11.6 Å². The Balaban J connectivity index is 1.58. The van der Waals surface area contributed by atoms with E-state index in [4.69, 9.17) is 16.4 Å². The summed E-state index contributed by atoms with van der Waals surface area (Å²) in [5.74, 6) is -1.75. The van der Waals surface area contributed by atoms with Crippen LogP contribution in [0.2, 0.25) is 5.02 Å². The molecule has 0 unspecified atom stereocenters. The number of halogens is 1. The van der Waals surface area contributed by atoms with E-state index < -0.39 is 34.8 Å². The first-order valence-corrected chi connectivity index (χ1v) is 11.2. The first-order valence-electron chi connectivity index (χ1n) is 10.9. The minimum absolute atomic E-state index is 0.120. The van der Waals surface area contributed by atoms with Crippen LogP contribution in [0.15, 0.2) is 72.8 Å². The van der Waals surface area contributed by atoms with E-state index in [1.807, 2.05) is 43.3 Å². The predicted octanol–water partition coefficient (Wildman–Crippen LogP) is 4.37. The fourth-order valence-electron chi connectivity index (χ4n) is 4.54. The van der Waals surface area contributed by atoms with Gasteiger partial charge in [0.15, 0.2) is 6.10 Å². The lowest BCUT2D eigenvalue weighted by atomic mass is 9.90. The minimum Gasteiger partial charge on any atom is -0.378 e. The Bertz CT molecular complexity index is 1310. The zero-order valence-corrected chi connectivity index (χ0v) is 19.6. The van der Waals surface area contributed by atoms with Crippen molar-refractivity contribution in [3.8, 4) is 0 Å². The van der Waals surface area contributed by atoms with Crippen molar-refractivity contribution in [1.82, 2.24) is 0 Å². The predicted molar refractivity (Wildman–Crippen MR) is 131 cm³/mol. The van der Waals surface area contributed by atoms with Crippen molar-refractivity contribution in [3.05, 3.63) is 93.5 Å². The van der Waals surface area contributed by atoms with Crippen molar-refractivity contribution >= 4 is 46.2 Å². The Hall–Kier alpha value is -3.95. The summed E-state index contributed by atoms with van der Waals surface area (Å²) in [5.41, 5.74) is 2.38. The number of hydroxylamine groups is 1. The largest absolute Gasteiger partial charge is 0.378 e. The molecule has 10 heteroatoms. The smallest absolute Gasteiger partial charge is 0.271 e. The molecule has 0 spiro atoms. The fourth-order valence-corrected chi connectivity index (χ4v) is 4.66. The van der Waals surface area contributed by atoms with Gasteiger partial charge < -0.3 is 4.90 Å². The number of hydrogen-bond acceptors (Lipinski definition) is 7. The van der Waals surface area contributed by atoms with Gasteiger partial charge in [-0.3, -0.25) is 24.5 Å². The van der Waals surface area contributed by atoms with E-state index in [0.29, 0.717) is 16.4 Å². The molecule has 0 bridgehead atoms. The first kappa shape index (κ1) is 22.8. The van der Waals surface area contributed by atoms with E-state index in [0.717, 1.165) is 16.2 Å². The maximum atomic E-state index is 13.6. The molecule has 2 fully saturated rings. The van der Waals surface area contributed by atoms with Crippen LogP contribution in [-0.2, 0) is 14.4 Å². The average Bonchev–Trinajstić information content (AvgIpc) is 3.36. The third-order valence-corrected chi connectivity index (χ3v) is 6.50. The van der Waals surface area contributed by atoms with Crippen LogP contribution in [0.4, 0.5) is 22.7 Å². The van der Waals surface area contributed by atoms with E-state index in [-0.39, 0.29) is 5.69 Å². The fraction of sp³-hybridized carbons (Fsp3) is 0.200. The number of fused-ring (bicyclic) bond motifs is 1. The van der Waals surface area contributed by atoms with Gasteiger partial charge >= 0.3 is 0 Å². The van der Waals surface area contributed by atoms with Gasteiger partial charge in [-0.25, -0.2) is 9.96 Å². The van der Waals surface area contributed by atoms with Gasteiger partial charge in [-0.1, -0.05) is 29.8 Å². The van der Waals surface area contributed by atoms with Crippen molar-refractivity contribution in [2.45, 2.75) is 12.1 Å². The highest BCUT2D eigenvalue weighted by Crippen LogP contribution is 2.48. The Morgan fingerprint density at radius 1 is 0.943 bits per heavy atom. The molecule has 0 saturated carbocycles. The highest BCUT2D eigenvalue weighted by Gasteiger charge is 2.60. The molecule has 35 heavy (non-hydrogen) atoms. The second kappa shape index (κ2) is 8.68. The van der Waals surface area contributed by atoms with Crippen molar-refractivity contribution in [3.63, 3.8) is 0 Å². The second-order valence-electron chi connectivity index (χ2n) is 8.57. The van der Waals surface area contributed by atoms with Gasteiger partial charge in [0, 0.05) is 36.9 Å². The number of hydrogen-bond donors (Lipinski definition) is 0. The average molecular weight is 493 g/mol. The van der Waals surface area contributed by atoms with E-state index in [9.17, 15) is 19.7 Å². The van der Waals surface area contributed by atoms with Crippen LogP contribution in [-0.4, -0.2) is 36.9 Å². The van der Waals surface area contributed by atoms with Gasteiger partial charge in [-0.2, -0.15) is 0 Å². The third kappa shape index (κ3) is 3.88. The Morgan fingerprint density at radius 2 is 1.63 bits per heavy atom. The van der Waals surface area contributed by atoms with Crippen molar-refractivity contribution in [1.29, 1.82) is 0 Å². The van der Waals surface area contributed by atoms with Crippen molar-refractivity contribution in [2.24, 2.45) is 5.92 Å². The topological polar surface area (TPSA) is 96.2 Å². The molecule has 0 aromatic heterocycles. The molecule has 0 radical (unpaired) electrons. The molecule has 5 rings (SSSR count). The molecular formula is C25H21ClN4O5. The molecule has 2 aliphatic heterocycles. The summed E-state index contributed by atoms with van der Waals surface area (Å²) < 4.78 is 0. The maximum absolute atomic E-state index is 13.6. The van der Waals surface area contributed by atoms with Crippen LogP contribution >= 0.6 is 11.6 Å². The van der Waals surface area contributed by atoms with Crippen molar-refractivity contribution < 1.29 is 19.3 Å². The van der Waals surface area contributed by atoms with Gasteiger partial charge in [0.05, 0.1) is 22.3 Å². The summed E-state index contributed by atoms with van der Waals surface area (Å²) in [5, 5.41) is 13.3. The summed E-state index contributed by atoms with van der Waals surface area (Å²) in [6.07, 6.45) is -1.07. The van der Waals surface area contributed by atoms with Gasteiger partial charge in [0.1, 0.15) is 5.92 Å². The molecule has 3 aromatic carbocycles. The number of carbonyl (C=O) groups is 2. The Kier molecular flexibility index (Phi) is 5.66. The van der Waals surface area contributed by atoms with Gasteiger partial charge in [-0.05, 0) is 48.0 Å². The van der Waals surface area contributed by atoms with Crippen LogP contribution in [0.25, 0.3) is 0 Å². The summed E-state index contributed by atoms with van der Waals surface area (Å²) in [4.78, 5) is 47.0. The lowest BCUT2D eigenvalue weighted by Gasteiger charge is -2.29. The van der Waals surface area contributed by atoms with Gasteiger partial charge in [-0.15, -0.1) is 0 Å². The lowest BCUT2D eigenvalue weighted by Crippen LogP contribution is -2.37. The number of rotatable bonds is 5. The molecule has 2 heterocycles. The number of carbonyl (C=O) groups excluding carboxylic acids is 2. The maximum Gasteiger partial charge on any atom is 0.271 e. The van der Waals surface area contributed by atoms with Gasteiger partial charge in [0.25, 0.3) is 11.6 Å². The van der Waals surface area contributed by atoms with Crippen LogP contribution in [0.5, 0.6) is 0 Å². The summed E-state index contributed by atoms with van der Waals surface area (Å²) in [6, 6.07) is 19.3. The molecule has 2 amide bonds. The van der Waals surface area contributed by atoms with Crippen LogP contribution < -0.4 is 14.9 Å². The SMILES string of the molecule is CN(C)c1ccc([C@H]2[C@@H]3C(=O)N(c4ccc(Cl)cc4)C(=O)[C@H]3ON2c2cccc([N+](=O)[O-])c2)cc1. The number of nitro benzene ring substituents is 1. The number of benzene rings is 3. The zero-order chi connectivity index (χ0) is 24.9. The normalized spacial score (nSPS) is 21.4. The molecule has 2 aliphatic rings. The molecule has 2 saturated heterocycles. The van der Waals surface area contributed by atoms with Gasteiger partial charge in [0.2, 0.25) is 5.91 Å². The number of amides is 2. The number of anilines is 3. The monoisotopic (exact) mass is 492 g/mol. The lowest BCUT2D eigenvalue weighted by molar-refractivity contribution is -0.384. The number of non-ortho nitro benzene ring substituents is 1. The number of nitrogens with zero attached hydrogens (tertiary/aromatic N) is 4. The third-order valence-electron chi connectivity index (χ3n) is 6.25. The highest BCUT2D eigenvalue weighted by atomic mass is 35.5. The molecule has 3 aromatic rings. The van der Waals surface area contributed by atoms with E-state index in [1.54, 1.807) is 36.4 Å². The van der Waals surface area contributed by atoms with E-state index >= 15 is 0 Å². The Labute approximate surface area is 206 Å². The Morgan fingerprint density at radius 3 is 2.26 bits per heavy atom. The van der Waals surface area contributed by atoms with E-state index in [1.165, 1.54) is 17.2 Å². The minimum atomic E-state index is -1.07. The number of nitro groups is 1. The van der Waals surface area contributed by atoms with E-state index in [2.05, 4.69) is 0 Å². The summed E-state index contributed by atoms with van der Waals surface area (Å²) in [6.45, 7) is 0.